The lowest BCUT2D eigenvalue weighted by molar-refractivity contribution is 0.282. The number of rotatable bonds is 4. The van der Waals surface area contributed by atoms with E-state index in [2.05, 4.69) is 4.72 Å². The second kappa shape index (κ2) is 5.42. The van der Waals surface area contributed by atoms with Gasteiger partial charge in [0.2, 0.25) is 0 Å². The Morgan fingerprint density at radius 1 is 1.11 bits per heavy atom. The van der Waals surface area contributed by atoms with Crippen LogP contribution in [0.2, 0.25) is 0 Å². The van der Waals surface area contributed by atoms with Gasteiger partial charge in [-0.05, 0) is 36.2 Å². The molecule has 0 unspecified atom stereocenters. The first-order valence-electron chi connectivity index (χ1n) is 5.81. The fourth-order valence-corrected chi connectivity index (χ4v) is 3.10. The van der Waals surface area contributed by atoms with Gasteiger partial charge in [0.15, 0.2) is 0 Å². The van der Waals surface area contributed by atoms with Gasteiger partial charge in [-0.25, -0.2) is 8.42 Å². The standard InChI is InChI=1S/C14H15NO3S/c1-11-5-2-3-8-14(11)19(17,18)15-13-7-4-6-12(9-13)10-16/h2-9,15-16H,10H2,1H3. The van der Waals surface area contributed by atoms with Crippen LogP contribution in [-0.2, 0) is 16.6 Å². The van der Waals surface area contributed by atoms with Gasteiger partial charge in [0.1, 0.15) is 0 Å². The molecule has 2 aromatic carbocycles. The minimum atomic E-state index is -3.60. The monoisotopic (exact) mass is 277 g/mol. The van der Waals surface area contributed by atoms with E-state index in [9.17, 15) is 8.42 Å². The summed E-state index contributed by atoms with van der Waals surface area (Å²) in [5, 5.41) is 9.04. The number of sulfonamides is 1. The summed E-state index contributed by atoms with van der Waals surface area (Å²) in [6, 6.07) is 13.5. The molecule has 2 aromatic rings. The Labute approximate surface area is 112 Å². The first-order chi connectivity index (χ1) is 9.03. The third-order valence-corrected chi connectivity index (χ3v) is 4.29. The topological polar surface area (TPSA) is 66.4 Å². The molecule has 0 saturated heterocycles. The van der Waals surface area contributed by atoms with Gasteiger partial charge in [-0.15, -0.1) is 0 Å². The molecule has 0 atom stereocenters. The quantitative estimate of drug-likeness (QED) is 0.901. The van der Waals surface area contributed by atoms with Crippen LogP contribution in [-0.4, -0.2) is 13.5 Å². The molecular formula is C14H15NO3S. The summed E-state index contributed by atoms with van der Waals surface area (Å²) in [6.45, 7) is 1.62. The molecule has 2 rings (SSSR count). The van der Waals surface area contributed by atoms with Crippen molar-refractivity contribution in [2.45, 2.75) is 18.4 Å². The highest BCUT2D eigenvalue weighted by Crippen LogP contribution is 2.19. The van der Waals surface area contributed by atoms with E-state index >= 15 is 0 Å². The second-order valence-electron chi connectivity index (χ2n) is 4.23. The molecule has 4 nitrogen and oxygen atoms in total. The number of nitrogens with one attached hydrogen (secondary N) is 1. The number of benzene rings is 2. The number of aliphatic hydroxyl groups excluding tert-OH is 1. The smallest absolute Gasteiger partial charge is 0.262 e. The molecule has 0 fully saturated rings. The lowest BCUT2D eigenvalue weighted by atomic mass is 10.2. The van der Waals surface area contributed by atoms with Crippen molar-refractivity contribution in [3.8, 4) is 0 Å². The average Bonchev–Trinajstić information content (AvgIpc) is 2.38. The van der Waals surface area contributed by atoms with E-state index in [4.69, 9.17) is 5.11 Å². The normalized spacial score (nSPS) is 11.3. The molecule has 0 heterocycles. The van der Waals surface area contributed by atoms with E-state index in [0.717, 1.165) is 0 Å². The van der Waals surface area contributed by atoms with Crippen LogP contribution in [0.15, 0.2) is 53.4 Å². The summed E-state index contributed by atoms with van der Waals surface area (Å²) in [5.74, 6) is 0. The highest BCUT2D eigenvalue weighted by molar-refractivity contribution is 7.92. The Morgan fingerprint density at radius 3 is 2.53 bits per heavy atom. The molecule has 0 spiro atoms. The molecule has 0 amide bonds. The van der Waals surface area contributed by atoms with E-state index in [-0.39, 0.29) is 11.5 Å². The molecule has 5 heteroatoms. The minimum Gasteiger partial charge on any atom is -0.392 e. The van der Waals surface area contributed by atoms with Crippen molar-refractivity contribution >= 4 is 15.7 Å². The summed E-state index contributed by atoms with van der Waals surface area (Å²) >= 11 is 0. The van der Waals surface area contributed by atoms with Crippen LogP contribution in [0.1, 0.15) is 11.1 Å². The average molecular weight is 277 g/mol. The van der Waals surface area contributed by atoms with Crippen LogP contribution in [0, 0.1) is 6.92 Å². The molecule has 0 aliphatic carbocycles. The van der Waals surface area contributed by atoms with E-state index in [1.807, 2.05) is 0 Å². The van der Waals surface area contributed by atoms with Crippen LogP contribution >= 0.6 is 0 Å². The zero-order chi connectivity index (χ0) is 13.9. The van der Waals surface area contributed by atoms with Gasteiger partial charge >= 0.3 is 0 Å². The Hall–Kier alpha value is -1.85. The van der Waals surface area contributed by atoms with Gasteiger partial charge in [-0.1, -0.05) is 30.3 Å². The van der Waals surface area contributed by atoms with Gasteiger partial charge in [-0.2, -0.15) is 0 Å². The van der Waals surface area contributed by atoms with E-state index < -0.39 is 10.0 Å². The molecule has 0 aromatic heterocycles. The highest BCUT2D eigenvalue weighted by Gasteiger charge is 2.16. The first kappa shape index (κ1) is 13.6. The summed E-state index contributed by atoms with van der Waals surface area (Å²) in [5.41, 5.74) is 1.79. The zero-order valence-electron chi connectivity index (χ0n) is 10.5. The van der Waals surface area contributed by atoms with Crippen molar-refractivity contribution < 1.29 is 13.5 Å². The molecule has 0 bridgehead atoms. The number of hydrogen-bond donors (Lipinski definition) is 2. The van der Waals surface area contributed by atoms with E-state index in [1.165, 1.54) is 0 Å². The van der Waals surface area contributed by atoms with E-state index in [0.29, 0.717) is 16.8 Å². The van der Waals surface area contributed by atoms with Crippen LogP contribution in [0.5, 0.6) is 0 Å². The van der Waals surface area contributed by atoms with Crippen LogP contribution in [0.4, 0.5) is 5.69 Å². The zero-order valence-corrected chi connectivity index (χ0v) is 11.3. The highest BCUT2D eigenvalue weighted by atomic mass is 32.2. The fourth-order valence-electron chi connectivity index (χ4n) is 1.80. The van der Waals surface area contributed by atoms with Gasteiger partial charge in [0, 0.05) is 5.69 Å². The van der Waals surface area contributed by atoms with Crippen molar-refractivity contribution in [3.63, 3.8) is 0 Å². The van der Waals surface area contributed by atoms with Crippen molar-refractivity contribution in [2.24, 2.45) is 0 Å². The van der Waals surface area contributed by atoms with Crippen molar-refractivity contribution in [1.82, 2.24) is 0 Å². The SMILES string of the molecule is Cc1ccccc1S(=O)(=O)Nc1cccc(CO)c1. The maximum atomic E-state index is 12.2. The minimum absolute atomic E-state index is 0.125. The maximum Gasteiger partial charge on any atom is 0.262 e. The van der Waals surface area contributed by atoms with Crippen LogP contribution in [0.3, 0.4) is 0 Å². The summed E-state index contributed by atoms with van der Waals surface area (Å²) < 4.78 is 27.0. The molecule has 0 saturated carbocycles. The number of hydrogen-bond acceptors (Lipinski definition) is 3. The van der Waals surface area contributed by atoms with E-state index in [1.54, 1.807) is 55.5 Å². The molecule has 0 aliphatic heterocycles. The predicted molar refractivity (Wildman–Crippen MR) is 74.4 cm³/mol. The molecular weight excluding hydrogens is 262 g/mol. The van der Waals surface area contributed by atoms with Gasteiger partial charge in [-0.3, -0.25) is 4.72 Å². The summed E-state index contributed by atoms with van der Waals surface area (Å²) in [7, 11) is -3.60. The number of anilines is 1. The third-order valence-electron chi connectivity index (χ3n) is 2.74. The second-order valence-corrected chi connectivity index (χ2v) is 5.88. The summed E-state index contributed by atoms with van der Waals surface area (Å²) in [4.78, 5) is 0.254. The molecule has 2 N–H and O–H groups in total. The van der Waals surface area contributed by atoms with Crippen molar-refractivity contribution in [1.29, 1.82) is 0 Å². The Morgan fingerprint density at radius 2 is 1.84 bits per heavy atom. The number of aliphatic hydroxyl groups is 1. The van der Waals surface area contributed by atoms with Crippen LogP contribution in [0.25, 0.3) is 0 Å². The Balaban J connectivity index is 2.34. The third kappa shape index (κ3) is 3.13. The van der Waals surface area contributed by atoms with Gasteiger partial charge < -0.3 is 5.11 Å². The molecule has 0 radical (unpaired) electrons. The predicted octanol–water partition coefficient (Wildman–Crippen LogP) is 2.29. The molecule has 19 heavy (non-hydrogen) atoms. The van der Waals surface area contributed by atoms with Crippen molar-refractivity contribution in [2.75, 3.05) is 4.72 Å². The Kier molecular flexibility index (Phi) is 3.87. The lowest BCUT2D eigenvalue weighted by Crippen LogP contribution is -2.14. The van der Waals surface area contributed by atoms with Gasteiger partial charge in [0.25, 0.3) is 10.0 Å². The van der Waals surface area contributed by atoms with Crippen LogP contribution < -0.4 is 4.72 Å². The Bertz CT molecular complexity index is 681. The molecule has 0 aliphatic rings. The van der Waals surface area contributed by atoms with Gasteiger partial charge in [0.05, 0.1) is 11.5 Å². The maximum absolute atomic E-state index is 12.2. The van der Waals surface area contributed by atoms with Crippen molar-refractivity contribution in [3.05, 3.63) is 59.7 Å². The summed E-state index contributed by atoms with van der Waals surface area (Å²) in [6.07, 6.45) is 0. The number of aryl methyl sites for hydroxylation is 1. The fraction of sp³-hybridized carbons (Fsp3) is 0.143. The lowest BCUT2D eigenvalue weighted by Gasteiger charge is -2.10. The largest absolute Gasteiger partial charge is 0.392 e. The first-order valence-corrected chi connectivity index (χ1v) is 7.29. The molecule has 100 valence electrons.